The molecule has 5 nitrogen and oxygen atoms in total. The van der Waals surface area contributed by atoms with Gasteiger partial charge in [0.15, 0.2) is 5.82 Å². The Morgan fingerprint density at radius 1 is 1.12 bits per heavy atom. The van der Waals surface area contributed by atoms with Crippen LogP contribution >= 0.6 is 0 Å². The topological polar surface area (TPSA) is 41.5 Å². The van der Waals surface area contributed by atoms with Crippen LogP contribution in [0.15, 0.2) is 12.4 Å². The van der Waals surface area contributed by atoms with Crippen LogP contribution < -0.4 is 9.64 Å². The second kappa shape index (κ2) is 8.15. The van der Waals surface area contributed by atoms with Crippen LogP contribution in [0.1, 0.15) is 52.9 Å². The van der Waals surface area contributed by atoms with Gasteiger partial charge in [0, 0.05) is 38.1 Å². The first-order chi connectivity index (χ1) is 11.6. The van der Waals surface area contributed by atoms with Gasteiger partial charge in [0.25, 0.3) is 5.88 Å². The minimum absolute atomic E-state index is 0.121. The standard InChI is InChI=1S/C19H32N4O/c1-15(2)24-19-18(20-9-10-21-19)23-12-6-8-17(14-23)13-22-11-5-4-7-16(22)3/h9-10,15-17H,4-8,11-14H2,1-3H3. The largest absolute Gasteiger partial charge is 0.472 e. The highest BCUT2D eigenvalue weighted by molar-refractivity contribution is 5.48. The summed E-state index contributed by atoms with van der Waals surface area (Å²) in [7, 11) is 0. The first-order valence-electron chi connectivity index (χ1n) is 9.60. The van der Waals surface area contributed by atoms with Crippen LogP contribution in [0.2, 0.25) is 0 Å². The Balaban J connectivity index is 1.65. The summed E-state index contributed by atoms with van der Waals surface area (Å²) in [5, 5.41) is 0. The average molecular weight is 332 g/mol. The van der Waals surface area contributed by atoms with Crippen LogP contribution in [0, 0.1) is 5.92 Å². The Labute approximate surface area is 146 Å². The van der Waals surface area contributed by atoms with E-state index in [0.717, 1.165) is 24.9 Å². The molecule has 1 aromatic rings. The highest BCUT2D eigenvalue weighted by Crippen LogP contribution is 2.29. The second-order valence-electron chi connectivity index (χ2n) is 7.65. The van der Waals surface area contributed by atoms with Gasteiger partial charge in [-0.3, -0.25) is 0 Å². The van der Waals surface area contributed by atoms with E-state index in [1.54, 1.807) is 12.4 Å². The molecule has 3 heterocycles. The molecule has 0 N–H and O–H groups in total. The van der Waals surface area contributed by atoms with E-state index in [1.807, 2.05) is 13.8 Å². The predicted molar refractivity (Wildman–Crippen MR) is 97.6 cm³/mol. The maximum Gasteiger partial charge on any atom is 0.257 e. The van der Waals surface area contributed by atoms with Gasteiger partial charge in [0.05, 0.1) is 6.10 Å². The second-order valence-corrected chi connectivity index (χ2v) is 7.65. The van der Waals surface area contributed by atoms with Crippen molar-refractivity contribution in [3.8, 4) is 5.88 Å². The minimum atomic E-state index is 0.121. The molecule has 0 bridgehead atoms. The van der Waals surface area contributed by atoms with Crippen LogP contribution in [0.5, 0.6) is 5.88 Å². The molecule has 3 rings (SSSR count). The van der Waals surface area contributed by atoms with E-state index in [1.165, 1.54) is 45.2 Å². The van der Waals surface area contributed by atoms with Gasteiger partial charge in [-0.1, -0.05) is 6.42 Å². The molecule has 2 saturated heterocycles. The number of rotatable bonds is 5. The molecule has 134 valence electrons. The SMILES string of the molecule is CC(C)Oc1nccnc1N1CCCC(CN2CCCCC2C)C1. The Morgan fingerprint density at radius 3 is 2.75 bits per heavy atom. The Hall–Kier alpha value is -1.36. The zero-order valence-corrected chi connectivity index (χ0v) is 15.4. The molecule has 2 unspecified atom stereocenters. The minimum Gasteiger partial charge on any atom is -0.472 e. The summed E-state index contributed by atoms with van der Waals surface area (Å²) in [6.07, 6.45) is 10.3. The van der Waals surface area contributed by atoms with Crippen LogP contribution in [0.3, 0.4) is 0 Å². The Kier molecular flexibility index (Phi) is 5.93. The molecule has 2 aliphatic heterocycles. The predicted octanol–water partition coefficient (Wildman–Crippen LogP) is 3.35. The molecule has 0 spiro atoms. The van der Waals surface area contributed by atoms with Gasteiger partial charge in [-0.15, -0.1) is 0 Å². The fourth-order valence-corrected chi connectivity index (χ4v) is 4.01. The third kappa shape index (κ3) is 4.38. The van der Waals surface area contributed by atoms with Crippen molar-refractivity contribution in [1.82, 2.24) is 14.9 Å². The highest BCUT2D eigenvalue weighted by Gasteiger charge is 2.27. The summed E-state index contributed by atoms with van der Waals surface area (Å²) >= 11 is 0. The number of likely N-dealkylation sites (tertiary alicyclic amines) is 1. The van der Waals surface area contributed by atoms with Gasteiger partial charge in [0.1, 0.15) is 0 Å². The van der Waals surface area contributed by atoms with E-state index in [0.29, 0.717) is 11.8 Å². The van der Waals surface area contributed by atoms with Gasteiger partial charge in [-0.05, 0) is 58.9 Å². The van der Waals surface area contributed by atoms with Crippen LogP contribution in [-0.2, 0) is 0 Å². The van der Waals surface area contributed by atoms with Crippen molar-refractivity contribution >= 4 is 5.82 Å². The van der Waals surface area contributed by atoms with Crippen molar-refractivity contribution in [3.05, 3.63) is 12.4 Å². The molecule has 1 aromatic heterocycles. The normalized spacial score (nSPS) is 25.9. The van der Waals surface area contributed by atoms with Crippen molar-refractivity contribution in [2.24, 2.45) is 5.92 Å². The third-order valence-corrected chi connectivity index (χ3v) is 5.25. The van der Waals surface area contributed by atoms with Gasteiger partial charge in [-0.25, -0.2) is 9.97 Å². The molecule has 2 atom stereocenters. The molecule has 0 amide bonds. The lowest BCUT2D eigenvalue weighted by molar-refractivity contribution is 0.130. The molecule has 0 aliphatic carbocycles. The molecule has 0 saturated carbocycles. The molecule has 2 aliphatic rings. The van der Waals surface area contributed by atoms with Gasteiger partial charge >= 0.3 is 0 Å². The summed E-state index contributed by atoms with van der Waals surface area (Å²) in [5.41, 5.74) is 0. The van der Waals surface area contributed by atoms with Gasteiger partial charge in [-0.2, -0.15) is 0 Å². The number of hydrogen-bond donors (Lipinski definition) is 0. The maximum absolute atomic E-state index is 5.88. The monoisotopic (exact) mass is 332 g/mol. The summed E-state index contributed by atoms with van der Waals surface area (Å²) in [4.78, 5) is 14.1. The maximum atomic E-state index is 5.88. The quantitative estimate of drug-likeness (QED) is 0.827. The summed E-state index contributed by atoms with van der Waals surface area (Å²) in [5.74, 6) is 2.32. The molecule has 2 fully saturated rings. The van der Waals surface area contributed by atoms with Crippen molar-refractivity contribution in [2.75, 3.05) is 31.1 Å². The Bertz CT molecular complexity index is 522. The third-order valence-electron chi connectivity index (χ3n) is 5.25. The average Bonchev–Trinajstić information content (AvgIpc) is 2.57. The number of ether oxygens (including phenoxy) is 1. The van der Waals surface area contributed by atoms with Crippen LogP contribution in [-0.4, -0.2) is 53.2 Å². The molecule has 5 heteroatoms. The van der Waals surface area contributed by atoms with Crippen LogP contribution in [0.25, 0.3) is 0 Å². The van der Waals surface area contributed by atoms with E-state index in [-0.39, 0.29) is 6.10 Å². The highest BCUT2D eigenvalue weighted by atomic mass is 16.5. The summed E-state index contributed by atoms with van der Waals surface area (Å²) in [6, 6.07) is 0.741. The van der Waals surface area contributed by atoms with E-state index < -0.39 is 0 Å². The number of piperidine rings is 2. The molecular formula is C19H32N4O. The van der Waals surface area contributed by atoms with Gasteiger partial charge in [0.2, 0.25) is 0 Å². The van der Waals surface area contributed by atoms with Crippen molar-refractivity contribution < 1.29 is 4.74 Å². The van der Waals surface area contributed by atoms with Gasteiger partial charge < -0.3 is 14.5 Å². The molecular weight excluding hydrogens is 300 g/mol. The van der Waals surface area contributed by atoms with Crippen molar-refractivity contribution in [2.45, 2.75) is 65.0 Å². The van der Waals surface area contributed by atoms with Crippen molar-refractivity contribution in [3.63, 3.8) is 0 Å². The lowest BCUT2D eigenvalue weighted by atomic mass is 9.95. The number of anilines is 1. The van der Waals surface area contributed by atoms with Crippen molar-refractivity contribution in [1.29, 1.82) is 0 Å². The Morgan fingerprint density at radius 2 is 1.96 bits per heavy atom. The molecule has 24 heavy (non-hydrogen) atoms. The molecule has 0 radical (unpaired) electrons. The lowest BCUT2D eigenvalue weighted by Gasteiger charge is -2.40. The number of aromatic nitrogens is 2. The van der Waals surface area contributed by atoms with E-state index in [4.69, 9.17) is 4.74 Å². The first-order valence-corrected chi connectivity index (χ1v) is 9.60. The smallest absolute Gasteiger partial charge is 0.257 e. The fourth-order valence-electron chi connectivity index (χ4n) is 4.01. The van der Waals surface area contributed by atoms with E-state index in [9.17, 15) is 0 Å². The van der Waals surface area contributed by atoms with E-state index in [2.05, 4.69) is 26.7 Å². The summed E-state index contributed by atoms with van der Waals surface area (Å²) in [6.45, 7) is 11.1. The zero-order valence-electron chi connectivity index (χ0n) is 15.4. The number of hydrogen-bond acceptors (Lipinski definition) is 5. The van der Waals surface area contributed by atoms with E-state index >= 15 is 0 Å². The summed E-state index contributed by atoms with van der Waals surface area (Å²) < 4.78 is 5.88. The zero-order chi connectivity index (χ0) is 16.9. The lowest BCUT2D eigenvalue weighted by Crippen LogP contribution is -2.45. The van der Waals surface area contributed by atoms with Crippen LogP contribution in [0.4, 0.5) is 5.82 Å². The fraction of sp³-hybridized carbons (Fsp3) is 0.789. The number of nitrogens with zero attached hydrogens (tertiary/aromatic N) is 4. The first kappa shape index (κ1) is 17.5. The molecule has 0 aromatic carbocycles.